The monoisotopic (exact) mass is 401 g/mol. The summed E-state index contributed by atoms with van der Waals surface area (Å²) >= 11 is 5.81. The van der Waals surface area contributed by atoms with Gasteiger partial charge in [-0.3, -0.25) is 9.71 Å². The van der Waals surface area contributed by atoms with E-state index >= 15 is 0 Å². The second-order valence-corrected chi connectivity index (χ2v) is 7.86. The number of hydrogen-bond acceptors (Lipinski definition) is 3. The van der Waals surface area contributed by atoms with E-state index in [2.05, 4.69) is 9.71 Å². The van der Waals surface area contributed by atoms with E-state index in [1.54, 1.807) is 30.6 Å². The average molecular weight is 402 g/mol. The largest absolute Gasteiger partial charge is 0.315 e. The summed E-state index contributed by atoms with van der Waals surface area (Å²) < 4.78 is 43.1. The average Bonchev–Trinajstić information content (AvgIpc) is 3.07. The van der Waals surface area contributed by atoms with Crippen LogP contribution in [0, 0.1) is 5.82 Å². The molecule has 0 bridgehead atoms. The van der Waals surface area contributed by atoms with Crippen LogP contribution < -0.4 is 4.72 Å². The standard InChI is InChI=1S/C19H13ClFN3O2S/c20-19-16(21)4-1-5-18(19)27(25,26)23-14-6-7-17-13(11-14)8-10-24(17)15-3-2-9-22-12-15/h1-12,23H. The van der Waals surface area contributed by atoms with Crippen molar-refractivity contribution in [2.45, 2.75) is 4.90 Å². The lowest BCUT2D eigenvalue weighted by atomic mass is 10.2. The Bertz CT molecular complexity index is 1240. The van der Waals surface area contributed by atoms with Crippen LogP contribution in [0.1, 0.15) is 0 Å². The number of benzene rings is 2. The molecule has 0 amide bonds. The van der Waals surface area contributed by atoms with Crippen molar-refractivity contribution in [2.24, 2.45) is 0 Å². The van der Waals surface area contributed by atoms with E-state index in [1.165, 1.54) is 12.1 Å². The molecule has 4 aromatic rings. The van der Waals surface area contributed by atoms with Crippen molar-refractivity contribution in [3.63, 3.8) is 0 Å². The number of aromatic nitrogens is 2. The first-order valence-electron chi connectivity index (χ1n) is 7.94. The van der Waals surface area contributed by atoms with Crippen LogP contribution in [-0.4, -0.2) is 18.0 Å². The molecule has 0 aliphatic carbocycles. The highest BCUT2D eigenvalue weighted by Gasteiger charge is 2.20. The molecule has 0 aliphatic heterocycles. The molecule has 27 heavy (non-hydrogen) atoms. The lowest BCUT2D eigenvalue weighted by Crippen LogP contribution is -2.13. The topological polar surface area (TPSA) is 64.0 Å². The van der Waals surface area contributed by atoms with Gasteiger partial charge in [0, 0.05) is 23.5 Å². The minimum absolute atomic E-state index is 0.308. The Labute approximate surface area is 160 Å². The minimum atomic E-state index is -4.02. The molecule has 0 unspecified atom stereocenters. The molecule has 136 valence electrons. The van der Waals surface area contributed by atoms with Crippen molar-refractivity contribution in [3.8, 4) is 5.69 Å². The molecular formula is C19H13ClFN3O2S. The maximum atomic E-state index is 13.6. The molecular weight excluding hydrogens is 389 g/mol. The van der Waals surface area contributed by atoms with Gasteiger partial charge < -0.3 is 4.57 Å². The molecule has 0 aliphatic rings. The van der Waals surface area contributed by atoms with Crippen molar-refractivity contribution in [1.82, 2.24) is 9.55 Å². The zero-order valence-corrected chi connectivity index (χ0v) is 15.4. The highest BCUT2D eigenvalue weighted by Crippen LogP contribution is 2.28. The molecule has 5 nitrogen and oxygen atoms in total. The predicted octanol–water partition coefficient (Wildman–Crippen LogP) is 4.62. The van der Waals surface area contributed by atoms with Gasteiger partial charge in [-0.25, -0.2) is 12.8 Å². The SMILES string of the molecule is O=S(=O)(Nc1ccc2c(ccn2-c2cccnc2)c1)c1cccc(F)c1Cl. The van der Waals surface area contributed by atoms with Crippen LogP contribution in [0.15, 0.2) is 78.1 Å². The van der Waals surface area contributed by atoms with Gasteiger partial charge in [-0.05, 0) is 48.5 Å². The van der Waals surface area contributed by atoms with Gasteiger partial charge in [0.2, 0.25) is 0 Å². The third-order valence-corrected chi connectivity index (χ3v) is 5.99. The first-order chi connectivity index (χ1) is 13.0. The Hall–Kier alpha value is -2.90. The minimum Gasteiger partial charge on any atom is -0.315 e. The Kier molecular flexibility index (Phi) is 4.33. The smallest absolute Gasteiger partial charge is 0.263 e. The van der Waals surface area contributed by atoms with Crippen molar-refractivity contribution in [2.75, 3.05) is 4.72 Å². The quantitative estimate of drug-likeness (QED) is 0.542. The molecule has 0 fully saturated rings. The van der Waals surface area contributed by atoms with Crippen LogP contribution in [0.4, 0.5) is 10.1 Å². The van der Waals surface area contributed by atoms with Crippen LogP contribution in [0.2, 0.25) is 5.02 Å². The summed E-state index contributed by atoms with van der Waals surface area (Å²) in [5, 5.41) is 0.401. The van der Waals surface area contributed by atoms with Gasteiger partial charge in [0.25, 0.3) is 10.0 Å². The zero-order chi connectivity index (χ0) is 19.0. The lowest BCUT2D eigenvalue weighted by Gasteiger charge is -2.10. The van der Waals surface area contributed by atoms with Crippen molar-refractivity contribution >= 4 is 38.2 Å². The Morgan fingerprint density at radius 2 is 1.93 bits per heavy atom. The number of hydrogen-bond donors (Lipinski definition) is 1. The Balaban J connectivity index is 1.70. The van der Waals surface area contributed by atoms with Crippen LogP contribution in [-0.2, 0) is 10.0 Å². The molecule has 1 N–H and O–H groups in total. The van der Waals surface area contributed by atoms with Crippen molar-refractivity contribution < 1.29 is 12.8 Å². The van der Waals surface area contributed by atoms with E-state index in [1.807, 2.05) is 29.0 Å². The number of sulfonamides is 1. The predicted molar refractivity (Wildman–Crippen MR) is 103 cm³/mol. The number of nitrogens with one attached hydrogen (secondary N) is 1. The fraction of sp³-hybridized carbons (Fsp3) is 0. The molecule has 2 aromatic heterocycles. The zero-order valence-electron chi connectivity index (χ0n) is 13.8. The van der Waals surface area contributed by atoms with Gasteiger partial charge in [-0.2, -0.15) is 0 Å². The summed E-state index contributed by atoms with van der Waals surface area (Å²) in [6.07, 6.45) is 5.31. The van der Waals surface area contributed by atoms with E-state index in [-0.39, 0.29) is 4.90 Å². The number of rotatable bonds is 4. The van der Waals surface area contributed by atoms with Gasteiger partial charge in [-0.15, -0.1) is 0 Å². The van der Waals surface area contributed by atoms with Crippen molar-refractivity contribution in [3.05, 3.63) is 84.0 Å². The maximum absolute atomic E-state index is 13.6. The molecule has 0 radical (unpaired) electrons. The normalized spacial score (nSPS) is 11.6. The summed E-state index contributed by atoms with van der Waals surface area (Å²) in [5.41, 5.74) is 2.15. The van der Waals surface area contributed by atoms with E-state index < -0.39 is 20.9 Å². The highest BCUT2D eigenvalue weighted by molar-refractivity contribution is 7.92. The summed E-state index contributed by atoms with van der Waals surface area (Å²) in [7, 11) is -4.02. The fourth-order valence-corrected chi connectivity index (χ4v) is 4.40. The van der Waals surface area contributed by atoms with Gasteiger partial charge in [0.15, 0.2) is 0 Å². The summed E-state index contributed by atoms with van der Waals surface area (Å²) in [6.45, 7) is 0. The first kappa shape index (κ1) is 17.5. The lowest BCUT2D eigenvalue weighted by molar-refractivity contribution is 0.595. The van der Waals surface area contributed by atoms with Gasteiger partial charge in [-0.1, -0.05) is 17.7 Å². The molecule has 0 saturated carbocycles. The van der Waals surface area contributed by atoms with Gasteiger partial charge in [0.1, 0.15) is 10.7 Å². The second kappa shape index (κ2) is 6.68. The first-order valence-corrected chi connectivity index (χ1v) is 9.80. The van der Waals surface area contributed by atoms with Crippen LogP contribution in [0.25, 0.3) is 16.6 Å². The van der Waals surface area contributed by atoms with E-state index in [0.717, 1.165) is 22.7 Å². The van der Waals surface area contributed by atoms with Gasteiger partial charge in [0.05, 0.1) is 22.4 Å². The number of fused-ring (bicyclic) bond motifs is 1. The summed E-state index contributed by atoms with van der Waals surface area (Å²) in [6, 6.07) is 14.4. The number of pyridine rings is 1. The van der Waals surface area contributed by atoms with Crippen LogP contribution in [0.5, 0.6) is 0 Å². The molecule has 2 heterocycles. The van der Waals surface area contributed by atoms with E-state index in [9.17, 15) is 12.8 Å². The molecule has 0 spiro atoms. The number of anilines is 1. The van der Waals surface area contributed by atoms with Crippen LogP contribution >= 0.6 is 11.6 Å². The van der Waals surface area contributed by atoms with Gasteiger partial charge >= 0.3 is 0 Å². The van der Waals surface area contributed by atoms with E-state index in [0.29, 0.717) is 5.69 Å². The summed E-state index contributed by atoms with van der Waals surface area (Å²) in [4.78, 5) is 3.80. The molecule has 0 saturated heterocycles. The third-order valence-electron chi connectivity index (χ3n) is 4.07. The number of halogens is 2. The fourth-order valence-electron chi connectivity index (χ4n) is 2.83. The maximum Gasteiger partial charge on any atom is 0.263 e. The molecule has 2 aromatic carbocycles. The summed E-state index contributed by atoms with van der Waals surface area (Å²) in [5.74, 6) is -0.788. The second-order valence-electron chi connectivity index (χ2n) is 5.83. The Morgan fingerprint density at radius 1 is 1.07 bits per heavy atom. The molecule has 8 heteroatoms. The van der Waals surface area contributed by atoms with Crippen LogP contribution in [0.3, 0.4) is 0 Å². The highest BCUT2D eigenvalue weighted by atomic mass is 35.5. The Morgan fingerprint density at radius 3 is 2.70 bits per heavy atom. The van der Waals surface area contributed by atoms with E-state index in [4.69, 9.17) is 11.6 Å². The molecule has 4 rings (SSSR count). The molecule has 0 atom stereocenters. The van der Waals surface area contributed by atoms with Crippen molar-refractivity contribution in [1.29, 1.82) is 0 Å². The third kappa shape index (κ3) is 3.27. The number of nitrogens with zero attached hydrogens (tertiary/aromatic N) is 2.